The maximum Gasteiger partial charge on any atom is 0.272 e. The zero-order valence-electron chi connectivity index (χ0n) is 12.7. The van der Waals surface area contributed by atoms with Gasteiger partial charge >= 0.3 is 0 Å². The van der Waals surface area contributed by atoms with E-state index in [4.69, 9.17) is 0 Å². The molecule has 1 aliphatic rings. The van der Waals surface area contributed by atoms with Crippen LogP contribution in [0.3, 0.4) is 0 Å². The molecule has 0 aliphatic heterocycles. The zero-order valence-corrected chi connectivity index (χ0v) is 12.7. The molecule has 0 spiro atoms. The first-order valence-electron chi connectivity index (χ1n) is 7.87. The molecule has 4 rings (SSSR count). The number of benzene rings is 2. The van der Waals surface area contributed by atoms with Gasteiger partial charge in [0, 0.05) is 0 Å². The number of carbonyl (C=O) groups is 1. The van der Waals surface area contributed by atoms with Gasteiger partial charge in [-0.15, -0.1) is 0 Å². The van der Waals surface area contributed by atoms with E-state index in [0.717, 1.165) is 35.9 Å². The standard InChI is InChI=1S/C19H17N3O/c23-18(17-13-20-15-9-4-5-10-16(15)21-17)22-19(11-6-12-19)14-7-2-1-3-8-14/h1-5,7-10,13H,6,11-12H2,(H,22,23). The van der Waals surface area contributed by atoms with E-state index in [-0.39, 0.29) is 11.4 Å². The summed E-state index contributed by atoms with van der Waals surface area (Å²) in [6.07, 6.45) is 4.60. The lowest BCUT2D eigenvalue weighted by Gasteiger charge is -2.43. The molecule has 0 saturated heterocycles. The highest BCUT2D eigenvalue weighted by atomic mass is 16.2. The highest BCUT2D eigenvalue weighted by molar-refractivity contribution is 5.94. The Morgan fingerprint density at radius 1 is 0.957 bits per heavy atom. The SMILES string of the molecule is O=C(NC1(c2ccccc2)CCC1)c1cnc2ccccc2n1. The lowest BCUT2D eigenvalue weighted by atomic mass is 9.71. The number of amides is 1. The Balaban J connectivity index is 1.63. The molecule has 0 radical (unpaired) electrons. The normalized spacial score (nSPS) is 15.8. The summed E-state index contributed by atoms with van der Waals surface area (Å²) in [4.78, 5) is 21.4. The van der Waals surface area contributed by atoms with Crippen molar-refractivity contribution in [2.75, 3.05) is 0 Å². The number of para-hydroxylation sites is 2. The van der Waals surface area contributed by atoms with Crippen LogP contribution in [0.2, 0.25) is 0 Å². The third-order valence-corrected chi connectivity index (χ3v) is 4.57. The van der Waals surface area contributed by atoms with Crippen LogP contribution in [0.5, 0.6) is 0 Å². The molecule has 0 atom stereocenters. The molecule has 1 N–H and O–H groups in total. The van der Waals surface area contributed by atoms with Crippen molar-refractivity contribution in [3.8, 4) is 0 Å². The van der Waals surface area contributed by atoms with E-state index in [1.54, 1.807) is 6.20 Å². The maximum atomic E-state index is 12.7. The van der Waals surface area contributed by atoms with Crippen LogP contribution in [-0.4, -0.2) is 15.9 Å². The van der Waals surface area contributed by atoms with Crippen LogP contribution < -0.4 is 5.32 Å². The number of nitrogens with zero attached hydrogens (tertiary/aromatic N) is 2. The van der Waals surface area contributed by atoms with Gasteiger partial charge in [0.15, 0.2) is 0 Å². The predicted octanol–water partition coefficient (Wildman–Crippen LogP) is 3.44. The summed E-state index contributed by atoms with van der Waals surface area (Å²) in [6, 6.07) is 17.7. The van der Waals surface area contributed by atoms with Crippen molar-refractivity contribution < 1.29 is 4.79 Å². The van der Waals surface area contributed by atoms with Crippen molar-refractivity contribution in [3.05, 3.63) is 72.1 Å². The fourth-order valence-corrected chi connectivity index (χ4v) is 3.12. The Hall–Kier alpha value is -2.75. The topological polar surface area (TPSA) is 54.9 Å². The summed E-state index contributed by atoms with van der Waals surface area (Å²) in [5.74, 6) is -0.160. The third-order valence-electron chi connectivity index (χ3n) is 4.57. The summed E-state index contributed by atoms with van der Waals surface area (Å²) in [5, 5.41) is 3.19. The summed E-state index contributed by atoms with van der Waals surface area (Å²) in [7, 11) is 0. The average molecular weight is 303 g/mol. The van der Waals surface area contributed by atoms with Gasteiger partial charge in [-0.25, -0.2) is 4.98 Å². The molecule has 1 heterocycles. The summed E-state index contributed by atoms with van der Waals surface area (Å²) < 4.78 is 0. The van der Waals surface area contributed by atoms with E-state index in [9.17, 15) is 4.79 Å². The molecular weight excluding hydrogens is 286 g/mol. The Morgan fingerprint density at radius 2 is 1.65 bits per heavy atom. The van der Waals surface area contributed by atoms with Gasteiger partial charge in [-0.05, 0) is 37.0 Å². The van der Waals surface area contributed by atoms with Crippen LogP contribution in [0.15, 0.2) is 60.8 Å². The van der Waals surface area contributed by atoms with Crippen LogP contribution in [0.25, 0.3) is 11.0 Å². The highest BCUT2D eigenvalue weighted by Crippen LogP contribution is 2.41. The Labute approximate surface area is 134 Å². The molecule has 2 aromatic carbocycles. The molecule has 1 aromatic heterocycles. The monoisotopic (exact) mass is 303 g/mol. The Morgan fingerprint density at radius 3 is 2.35 bits per heavy atom. The minimum atomic E-state index is -0.258. The first kappa shape index (κ1) is 13.9. The molecule has 1 aliphatic carbocycles. The average Bonchev–Trinajstić information content (AvgIpc) is 2.58. The van der Waals surface area contributed by atoms with Crippen LogP contribution in [0.1, 0.15) is 35.3 Å². The molecule has 0 unspecified atom stereocenters. The van der Waals surface area contributed by atoms with E-state index in [0.29, 0.717) is 5.69 Å². The second kappa shape index (κ2) is 5.47. The fraction of sp³-hybridized carbons (Fsp3) is 0.211. The van der Waals surface area contributed by atoms with E-state index in [1.165, 1.54) is 0 Å². The predicted molar refractivity (Wildman–Crippen MR) is 89.0 cm³/mol. The Kier molecular flexibility index (Phi) is 3.30. The van der Waals surface area contributed by atoms with Gasteiger partial charge in [-0.2, -0.15) is 0 Å². The van der Waals surface area contributed by atoms with E-state index >= 15 is 0 Å². The molecule has 0 bridgehead atoms. The molecule has 1 fully saturated rings. The number of hydrogen-bond donors (Lipinski definition) is 1. The minimum Gasteiger partial charge on any atom is -0.341 e. The van der Waals surface area contributed by atoms with Gasteiger partial charge in [-0.3, -0.25) is 9.78 Å². The van der Waals surface area contributed by atoms with E-state index in [2.05, 4.69) is 27.4 Å². The molecule has 1 saturated carbocycles. The van der Waals surface area contributed by atoms with Crippen LogP contribution >= 0.6 is 0 Å². The third kappa shape index (κ3) is 2.46. The van der Waals surface area contributed by atoms with Crippen molar-refractivity contribution in [1.29, 1.82) is 0 Å². The number of nitrogens with one attached hydrogen (secondary N) is 1. The molecule has 3 aromatic rings. The van der Waals surface area contributed by atoms with Gasteiger partial charge in [0.25, 0.3) is 5.91 Å². The van der Waals surface area contributed by atoms with E-state index in [1.807, 2.05) is 42.5 Å². The van der Waals surface area contributed by atoms with Gasteiger partial charge in [0.05, 0.1) is 22.8 Å². The number of aromatic nitrogens is 2. The summed E-state index contributed by atoms with van der Waals surface area (Å²) >= 11 is 0. The van der Waals surface area contributed by atoms with Gasteiger partial charge in [0.1, 0.15) is 5.69 Å². The number of carbonyl (C=O) groups excluding carboxylic acids is 1. The molecule has 114 valence electrons. The van der Waals surface area contributed by atoms with E-state index < -0.39 is 0 Å². The summed E-state index contributed by atoms with van der Waals surface area (Å²) in [5.41, 5.74) is 2.80. The van der Waals surface area contributed by atoms with Crippen LogP contribution in [0.4, 0.5) is 0 Å². The van der Waals surface area contributed by atoms with Crippen LogP contribution in [0, 0.1) is 0 Å². The lowest BCUT2D eigenvalue weighted by Crippen LogP contribution is -2.51. The largest absolute Gasteiger partial charge is 0.341 e. The second-order valence-corrected chi connectivity index (χ2v) is 6.00. The molecule has 4 heteroatoms. The lowest BCUT2D eigenvalue weighted by molar-refractivity contribution is 0.0818. The summed E-state index contributed by atoms with van der Waals surface area (Å²) in [6.45, 7) is 0. The van der Waals surface area contributed by atoms with Crippen LogP contribution in [-0.2, 0) is 5.54 Å². The second-order valence-electron chi connectivity index (χ2n) is 6.00. The highest BCUT2D eigenvalue weighted by Gasteiger charge is 2.40. The first-order chi connectivity index (χ1) is 11.3. The molecule has 23 heavy (non-hydrogen) atoms. The van der Waals surface area contributed by atoms with Gasteiger partial charge in [-0.1, -0.05) is 42.5 Å². The first-order valence-corrected chi connectivity index (χ1v) is 7.87. The van der Waals surface area contributed by atoms with Gasteiger partial charge in [0.2, 0.25) is 0 Å². The molecule has 1 amide bonds. The molecule has 4 nitrogen and oxygen atoms in total. The van der Waals surface area contributed by atoms with Crippen molar-refractivity contribution in [3.63, 3.8) is 0 Å². The smallest absolute Gasteiger partial charge is 0.272 e. The number of fused-ring (bicyclic) bond motifs is 1. The van der Waals surface area contributed by atoms with Crippen molar-refractivity contribution in [2.24, 2.45) is 0 Å². The maximum absolute atomic E-state index is 12.7. The zero-order chi connectivity index (χ0) is 15.7. The van der Waals surface area contributed by atoms with Gasteiger partial charge < -0.3 is 5.32 Å². The quantitative estimate of drug-likeness (QED) is 0.806. The van der Waals surface area contributed by atoms with Crippen molar-refractivity contribution in [2.45, 2.75) is 24.8 Å². The molecular formula is C19H17N3O. The number of hydrogen-bond acceptors (Lipinski definition) is 3. The minimum absolute atomic E-state index is 0.160. The number of rotatable bonds is 3. The Bertz CT molecular complexity index is 857. The van der Waals surface area contributed by atoms with Crippen molar-refractivity contribution >= 4 is 16.9 Å². The van der Waals surface area contributed by atoms with Crippen molar-refractivity contribution in [1.82, 2.24) is 15.3 Å². The fourth-order valence-electron chi connectivity index (χ4n) is 3.12.